The van der Waals surface area contributed by atoms with Crippen LogP contribution in [0.5, 0.6) is 0 Å². The van der Waals surface area contributed by atoms with Crippen LogP contribution in [0.2, 0.25) is 0 Å². The van der Waals surface area contributed by atoms with Crippen LogP contribution >= 0.6 is 11.8 Å². The molecule has 1 amide bonds. The van der Waals surface area contributed by atoms with Crippen molar-refractivity contribution in [3.8, 4) is 17.1 Å². The molecule has 0 spiro atoms. The quantitative estimate of drug-likeness (QED) is 0.401. The molecule has 0 bridgehead atoms. The second-order valence-electron chi connectivity index (χ2n) is 7.45. The summed E-state index contributed by atoms with van der Waals surface area (Å²) in [5, 5.41) is 12.2. The van der Waals surface area contributed by atoms with E-state index in [1.54, 1.807) is 18.2 Å². The number of amides is 1. The first-order valence-electron chi connectivity index (χ1n) is 10.5. The molecule has 0 unspecified atom stereocenters. The number of rotatable bonds is 8. The number of sulfonamides is 1. The molecule has 2 aromatic carbocycles. The third-order valence-electron chi connectivity index (χ3n) is 5.15. The van der Waals surface area contributed by atoms with E-state index in [-0.39, 0.29) is 10.8 Å². The Morgan fingerprint density at radius 2 is 1.81 bits per heavy atom. The minimum absolute atomic E-state index is 0.0770. The van der Waals surface area contributed by atoms with Crippen LogP contribution in [0.4, 0.5) is 0 Å². The number of aromatic nitrogens is 3. The standard InChI is InChI=1S/C22H25N5O3S2/c1-17(28)23-12-15-31-22-25-24-21(27(22)19-9-3-2-4-10-19)18-8-7-11-20(16-18)32(29,30)26-13-5-6-14-26/h2-4,7-11,16H,5-6,12-15H2,1H3,(H,23,28). The van der Waals surface area contributed by atoms with Gasteiger partial charge in [0.2, 0.25) is 15.9 Å². The van der Waals surface area contributed by atoms with Gasteiger partial charge in [0, 0.05) is 43.6 Å². The summed E-state index contributed by atoms with van der Waals surface area (Å²) in [6, 6.07) is 16.6. The second kappa shape index (κ2) is 9.85. The Labute approximate surface area is 192 Å². The molecule has 0 saturated carbocycles. The summed E-state index contributed by atoms with van der Waals surface area (Å²) in [6.07, 6.45) is 1.78. The van der Waals surface area contributed by atoms with Crippen LogP contribution in [0.3, 0.4) is 0 Å². The van der Waals surface area contributed by atoms with Crippen molar-refractivity contribution >= 4 is 27.7 Å². The molecule has 4 rings (SSSR count). The van der Waals surface area contributed by atoms with Crippen molar-refractivity contribution in [2.75, 3.05) is 25.4 Å². The number of para-hydroxylation sites is 1. The molecule has 168 valence electrons. The van der Waals surface area contributed by atoms with Crippen molar-refractivity contribution in [1.29, 1.82) is 0 Å². The van der Waals surface area contributed by atoms with Gasteiger partial charge in [-0.2, -0.15) is 4.31 Å². The van der Waals surface area contributed by atoms with Gasteiger partial charge in [0.1, 0.15) is 0 Å². The van der Waals surface area contributed by atoms with E-state index in [4.69, 9.17) is 0 Å². The Morgan fingerprint density at radius 1 is 1.06 bits per heavy atom. The molecular weight excluding hydrogens is 446 g/mol. The van der Waals surface area contributed by atoms with E-state index in [9.17, 15) is 13.2 Å². The Morgan fingerprint density at radius 3 is 2.53 bits per heavy atom. The van der Waals surface area contributed by atoms with Crippen molar-refractivity contribution in [2.24, 2.45) is 0 Å². The van der Waals surface area contributed by atoms with Crippen molar-refractivity contribution in [3.63, 3.8) is 0 Å². The molecule has 1 aliphatic rings. The lowest BCUT2D eigenvalue weighted by Crippen LogP contribution is -2.27. The van der Waals surface area contributed by atoms with Gasteiger partial charge in [0.05, 0.1) is 4.90 Å². The predicted molar refractivity (Wildman–Crippen MR) is 124 cm³/mol. The minimum Gasteiger partial charge on any atom is -0.356 e. The lowest BCUT2D eigenvalue weighted by atomic mass is 10.2. The molecule has 0 radical (unpaired) electrons. The fourth-order valence-electron chi connectivity index (χ4n) is 3.60. The Kier molecular flexibility index (Phi) is 6.92. The minimum atomic E-state index is -3.54. The van der Waals surface area contributed by atoms with Crippen LogP contribution in [0.1, 0.15) is 19.8 Å². The van der Waals surface area contributed by atoms with Gasteiger partial charge in [-0.15, -0.1) is 10.2 Å². The first-order chi connectivity index (χ1) is 15.5. The molecule has 1 aromatic heterocycles. The van der Waals surface area contributed by atoms with E-state index in [2.05, 4.69) is 15.5 Å². The summed E-state index contributed by atoms with van der Waals surface area (Å²) in [5.41, 5.74) is 1.55. The highest BCUT2D eigenvalue weighted by Gasteiger charge is 2.28. The van der Waals surface area contributed by atoms with Crippen molar-refractivity contribution in [1.82, 2.24) is 24.4 Å². The fraction of sp³-hybridized carbons (Fsp3) is 0.318. The first-order valence-corrected chi connectivity index (χ1v) is 12.9. The van der Waals surface area contributed by atoms with Crippen LogP contribution in [0.25, 0.3) is 17.1 Å². The molecule has 10 heteroatoms. The molecule has 1 aliphatic heterocycles. The summed E-state index contributed by atoms with van der Waals surface area (Å²) in [4.78, 5) is 11.4. The summed E-state index contributed by atoms with van der Waals surface area (Å²) >= 11 is 1.48. The van der Waals surface area contributed by atoms with Crippen molar-refractivity contribution in [2.45, 2.75) is 29.8 Å². The largest absolute Gasteiger partial charge is 0.356 e. The number of carbonyl (C=O) groups is 1. The van der Waals surface area contributed by atoms with Gasteiger partial charge in [-0.1, -0.05) is 42.1 Å². The maximum Gasteiger partial charge on any atom is 0.243 e. The monoisotopic (exact) mass is 471 g/mol. The number of hydrogen-bond donors (Lipinski definition) is 1. The molecule has 1 N–H and O–H groups in total. The summed E-state index contributed by atoms with van der Waals surface area (Å²) in [7, 11) is -3.54. The van der Waals surface area contributed by atoms with Crippen molar-refractivity contribution in [3.05, 3.63) is 54.6 Å². The molecule has 3 aromatic rings. The number of carbonyl (C=O) groups excluding carboxylic acids is 1. The maximum absolute atomic E-state index is 13.1. The van der Waals surface area contributed by atoms with Crippen LogP contribution in [0, 0.1) is 0 Å². The van der Waals surface area contributed by atoms with Gasteiger partial charge >= 0.3 is 0 Å². The Bertz CT molecular complexity index is 1190. The number of hydrogen-bond acceptors (Lipinski definition) is 6. The Hall–Kier alpha value is -2.69. The van der Waals surface area contributed by atoms with Crippen LogP contribution < -0.4 is 5.32 Å². The van der Waals surface area contributed by atoms with Crippen LogP contribution in [0.15, 0.2) is 64.6 Å². The first kappa shape index (κ1) is 22.5. The molecule has 0 aliphatic carbocycles. The molecule has 1 fully saturated rings. The normalized spacial score (nSPS) is 14.5. The zero-order valence-corrected chi connectivity index (χ0v) is 19.4. The van der Waals surface area contributed by atoms with E-state index in [0.29, 0.717) is 41.9 Å². The van der Waals surface area contributed by atoms with Gasteiger partial charge in [-0.05, 0) is 37.1 Å². The molecule has 2 heterocycles. The summed E-state index contributed by atoms with van der Waals surface area (Å²) < 4.78 is 29.6. The number of nitrogens with one attached hydrogen (secondary N) is 1. The second-order valence-corrected chi connectivity index (χ2v) is 10.4. The zero-order valence-electron chi connectivity index (χ0n) is 17.8. The van der Waals surface area contributed by atoms with Gasteiger partial charge in [-0.3, -0.25) is 9.36 Å². The van der Waals surface area contributed by atoms with Crippen LogP contribution in [-0.4, -0.2) is 58.8 Å². The average molecular weight is 472 g/mol. The zero-order chi connectivity index (χ0) is 22.6. The van der Waals surface area contributed by atoms with Gasteiger partial charge in [-0.25, -0.2) is 8.42 Å². The lowest BCUT2D eigenvalue weighted by Gasteiger charge is -2.16. The highest BCUT2D eigenvalue weighted by atomic mass is 32.2. The average Bonchev–Trinajstić information content (AvgIpc) is 3.48. The van der Waals surface area contributed by atoms with E-state index in [1.807, 2.05) is 41.0 Å². The van der Waals surface area contributed by atoms with Gasteiger partial charge < -0.3 is 5.32 Å². The third kappa shape index (κ3) is 4.87. The van der Waals surface area contributed by atoms with Crippen molar-refractivity contribution < 1.29 is 13.2 Å². The van der Waals surface area contributed by atoms with E-state index in [1.165, 1.54) is 23.0 Å². The third-order valence-corrected chi connectivity index (χ3v) is 7.98. The maximum atomic E-state index is 13.1. The van der Waals surface area contributed by atoms with Gasteiger partial charge in [0.25, 0.3) is 0 Å². The highest BCUT2D eigenvalue weighted by molar-refractivity contribution is 7.99. The fourth-order valence-corrected chi connectivity index (χ4v) is 5.97. The number of nitrogens with zero attached hydrogens (tertiary/aromatic N) is 4. The molecular formula is C22H25N5O3S2. The molecule has 32 heavy (non-hydrogen) atoms. The van der Waals surface area contributed by atoms with Crippen LogP contribution in [-0.2, 0) is 14.8 Å². The predicted octanol–water partition coefficient (Wildman–Crippen LogP) is 2.95. The summed E-state index contributed by atoms with van der Waals surface area (Å²) in [5.74, 6) is 1.12. The smallest absolute Gasteiger partial charge is 0.243 e. The summed E-state index contributed by atoms with van der Waals surface area (Å²) in [6.45, 7) is 3.11. The Balaban J connectivity index is 1.70. The number of benzene rings is 2. The molecule has 1 saturated heterocycles. The highest BCUT2D eigenvalue weighted by Crippen LogP contribution is 2.30. The molecule has 0 atom stereocenters. The van der Waals surface area contributed by atoms with Gasteiger partial charge in [0.15, 0.2) is 11.0 Å². The molecule has 8 nitrogen and oxygen atoms in total. The van der Waals surface area contributed by atoms with E-state index >= 15 is 0 Å². The number of thioether (sulfide) groups is 1. The lowest BCUT2D eigenvalue weighted by molar-refractivity contribution is -0.118. The SMILES string of the molecule is CC(=O)NCCSc1nnc(-c2cccc(S(=O)(=O)N3CCCC3)c2)n1-c1ccccc1. The topological polar surface area (TPSA) is 97.2 Å². The van der Waals surface area contributed by atoms with E-state index in [0.717, 1.165) is 18.5 Å². The van der Waals surface area contributed by atoms with E-state index < -0.39 is 10.0 Å².